The van der Waals surface area contributed by atoms with E-state index in [2.05, 4.69) is 13.8 Å². The SMILES string of the molecule is CCCCCCC(=O)Oc1ccc(OC(C)(C)C)cc1OC(=O)CCCCCC. The van der Waals surface area contributed by atoms with Crippen molar-refractivity contribution in [1.82, 2.24) is 0 Å². The first-order valence-corrected chi connectivity index (χ1v) is 11.0. The Kier molecular flexibility index (Phi) is 11.4. The fourth-order valence-electron chi connectivity index (χ4n) is 2.81. The van der Waals surface area contributed by atoms with Gasteiger partial charge < -0.3 is 14.2 Å². The van der Waals surface area contributed by atoms with Crippen LogP contribution < -0.4 is 14.2 Å². The summed E-state index contributed by atoms with van der Waals surface area (Å²) in [6, 6.07) is 4.98. The number of rotatable bonds is 13. The van der Waals surface area contributed by atoms with Crippen molar-refractivity contribution in [1.29, 1.82) is 0 Å². The van der Waals surface area contributed by atoms with Gasteiger partial charge in [-0.05, 0) is 45.7 Å². The van der Waals surface area contributed by atoms with Crippen molar-refractivity contribution >= 4 is 11.9 Å². The van der Waals surface area contributed by atoms with Crippen LogP contribution in [0.4, 0.5) is 0 Å². The lowest BCUT2D eigenvalue weighted by molar-refractivity contribution is -0.137. The Hall–Kier alpha value is -2.04. The molecule has 5 nitrogen and oxygen atoms in total. The first kappa shape index (κ1) is 25.0. The number of ether oxygens (including phenoxy) is 3. The van der Waals surface area contributed by atoms with E-state index in [1.807, 2.05) is 20.8 Å². The van der Waals surface area contributed by atoms with E-state index >= 15 is 0 Å². The molecular weight excluding hydrogens is 368 g/mol. The summed E-state index contributed by atoms with van der Waals surface area (Å²) in [7, 11) is 0. The first-order chi connectivity index (χ1) is 13.7. The van der Waals surface area contributed by atoms with E-state index in [1.165, 1.54) is 0 Å². The van der Waals surface area contributed by atoms with E-state index in [0.717, 1.165) is 51.4 Å². The second-order valence-corrected chi connectivity index (χ2v) is 8.39. The summed E-state index contributed by atoms with van der Waals surface area (Å²) in [6.45, 7) is 10.1. The predicted octanol–water partition coefficient (Wildman–Crippen LogP) is 6.62. The van der Waals surface area contributed by atoms with Crippen molar-refractivity contribution in [3.63, 3.8) is 0 Å². The van der Waals surface area contributed by atoms with Gasteiger partial charge in [-0.25, -0.2) is 0 Å². The molecule has 0 heterocycles. The molecule has 0 saturated heterocycles. The van der Waals surface area contributed by atoms with Gasteiger partial charge in [0.25, 0.3) is 0 Å². The quantitative estimate of drug-likeness (QED) is 0.209. The van der Waals surface area contributed by atoms with Crippen molar-refractivity contribution in [3.8, 4) is 17.2 Å². The van der Waals surface area contributed by atoms with Crippen molar-refractivity contribution in [2.75, 3.05) is 0 Å². The van der Waals surface area contributed by atoms with Gasteiger partial charge in [-0.2, -0.15) is 0 Å². The van der Waals surface area contributed by atoms with Crippen LogP contribution in [0, 0.1) is 0 Å². The normalized spacial score (nSPS) is 11.2. The highest BCUT2D eigenvalue weighted by Gasteiger charge is 2.18. The molecule has 29 heavy (non-hydrogen) atoms. The minimum atomic E-state index is -0.390. The summed E-state index contributed by atoms with van der Waals surface area (Å²) < 4.78 is 16.9. The molecule has 0 unspecified atom stereocenters. The Morgan fingerprint density at radius 1 is 0.759 bits per heavy atom. The summed E-state index contributed by atoms with van der Waals surface area (Å²) in [5, 5.41) is 0. The van der Waals surface area contributed by atoms with Crippen molar-refractivity contribution in [2.45, 2.75) is 104 Å². The Balaban J connectivity index is 2.81. The zero-order valence-corrected chi connectivity index (χ0v) is 18.8. The number of hydrogen-bond donors (Lipinski definition) is 0. The molecule has 0 aromatic heterocycles. The minimum Gasteiger partial charge on any atom is -0.488 e. The van der Waals surface area contributed by atoms with Crippen LogP contribution in [0.3, 0.4) is 0 Å². The van der Waals surface area contributed by atoms with Crippen LogP contribution in [0.1, 0.15) is 98.8 Å². The molecule has 0 atom stereocenters. The van der Waals surface area contributed by atoms with Gasteiger partial charge >= 0.3 is 11.9 Å². The first-order valence-electron chi connectivity index (χ1n) is 11.0. The third-order valence-electron chi connectivity index (χ3n) is 4.26. The standard InChI is InChI=1S/C24H38O5/c1-6-8-10-12-14-22(25)27-20-17-16-19(29-24(3,4)5)18-21(20)28-23(26)15-13-11-9-7-2/h16-18H,6-15H2,1-5H3. The van der Waals surface area contributed by atoms with Gasteiger partial charge in [0.1, 0.15) is 11.4 Å². The maximum Gasteiger partial charge on any atom is 0.311 e. The number of carbonyl (C=O) groups is 2. The molecule has 0 saturated carbocycles. The molecule has 0 aliphatic carbocycles. The smallest absolute Gasteiger partial charge is 0.311 e. The molecule has 1 aromatic rings. The van der Waals surface area contributed by atoms with Crippen LogP contribution in [-0.2, 0) is 9.59 Å². The molecule has 1 rings (SSSR count). The van der Waals surface area contributed by atoms with Crippen LogP contribution in [0.15, 0.2) is 18.2 Å². The van der Waals surface area contributed by atoms with E-state index in [-0.39, 0.29) is 29.0 Å². The monoisotopic (exact) mass is 406 g/mol. The zero-order chi connectivity index (χ0) is 21.7. The van der Waals surface area contributed by atoms with Gasteiger partial charge in [-0.3, -0.25) is 9.59 Å². The lowest BCUT2D eigenvalue weighted by Gasteiger charge is -2.22. The Labute approximate surface area is 176 Å². The molecular formula is C24H38O5. The van der Waals surface area contributed by atoms with Gasteiger partial charge in [0.05, 0.1) is 0 Å². The number of benzene rings is 1. The number of hydrogen-bond acceptors (Lipinski definition) is 5. The van der Waals surface area contributed by atoms with Crippen LogP contribution in [0.2, 0.25) is 0 Å². The summed E-state index contributed by atoms with van der Waals surface area (Å²) in [4.78, 5) is 24.4. The molecule has 0 aliphatic rings. The molecule has 1 aromatic carbocycles. The summed E-state index contributed by atoms with van der Waals surface area (Å²) in [6.07, 6.45) is 8.71. The number of unbranched alkanes of at least 4 members (excludes halogenated alkanes) is 6. The van der Waals surface area contributed by atoms with Gasteiger partial charge in [-0.15, -0.1) is 0 Å². The van der Waals surface area contributed by atoms with Gasteiger partial charge in [0.2, 0.25) is 0 Å². The van der Waals surface area contributed by atoms with Crippen LogP contribution >= 0.6 is 0 Å². The van der Waals surface area contributed by atoms with Gasteiger partial charge in [0, 0.05) is 18.9 Å². The molecule has 164 valence electrons. The average molecular weight is 407 g/mol. The summed E-state index contributed by atoms with van der Waals surface area (Å²) >= 11 is 0. The molecule has 0 N–H and O–H groups in total. The molecule has 0 radical (unpaired) electrons. The van der Waals surface area contributed by atoms with Crippen molar-refractivity contribution in [3.05, 3.63) is 18.2 Å². The Bertz CT molecular complexity index is 631. The van der Waals surface area contributed by atoms with Crippen LogP contribution in [0.5, 0.6) is 17.2 Å². The average Bonchev–Trinajstić information content (AvgIpc) is 2.63. The molecule has 5 heteroatoms. The van der Waals surface area contributed by atoms with Crippen molar-refractivity contribution < 1.29 is 23.8 Å². The van der Waals surface area contributed by atoms with E-state index in [9.17, 15) is 9.59 Å². The third kappa shape index (κ3) is 11.5. The van der Waals surface area contributed by atoms with Gasteiger partial charge in [-0.1, -0.05) is 52.4 Å². The number of carbonyl (C=O) groups excluding carboxylic acids is 2. The lowest BCUT2D eigenvalue weighted by Crippen LogP contribution is -2.23. The van der Waals surface area contributed by atoms with Crippen LogP contribution in [0.25, 0.3) is 0 Å². The highest BCUT2D eigenvalue weighted by atomic mass is 16.6. The van der Waals surface area contributed by atoms with E-state index in [1.54, 1.807) is 18.2 Å². The Morgan fingerprint density at radius 2 is 1.28 bits per heavy atom. The van der Waals surface area contributed by atoms with E-state index < -0.39 is 0 Å². The number of esters is 2. The second-order valence-electron chi connectivity index (χ2n) is 8.39. The largest absolute Gasteiger partial charge is 0.488 e. The van der Waals surface area contributed by atoms with Crippen molar-refractivity contribution in [2.24, 2.45) is 0 Å². The highest BCUT2D eigenvalue weighted by Crippen LogP contribution is 2.34. The lowest BCUT2D eigenvalue weighted by atomic mass is 10.1. The summed E-state index contributed by atoms with van der Waals surface area (Å²) in [5.41, 5.74) is -0.390. The topological polar surface area (TPSA) is 61.8 Å². The molecule has 0 aliphatic heterocycles. The third-order valence-corrected chi connectivity index (χ3v) is 4.26. The molecule has 0 bridgehead atoms. The second kappa shape index (κ2) is 13.2. The Morgan fingerprint density at radius 3 is 1.76 bits per heavy atom. The zero-order valence-electron chi connectivity index (χ0n) is 18.8. The van der Waals surface area contributed by atoms with E-state index in [4.69, 9.17) is 14.2 Å². The molecule has 0 fully saturated rings. The highest BCUT2D eigenvalue weighted by molar-refractivity contribution is 5.76. The maximum atomic E-state index is 12.3. The van der Waals surface area contributed by atoms with Crippen LogP contribution in [-0.4, -0.2) is 17.5 Å². The van der Waals surface area contributed by atoms with E-state index in [0.29, 0.717) is 18.6 Å². The maximum absolute atomic E-state index is 12.3. The molecule has 0 spiro atoms. The fraction of sp³-hybridized carbons (Fsp3) is 0.667. The predicted molar refractivity (Wildman–Crippen MR) is 116 cm³/mol. The fourth-order valence-corrected chi connectivity index (χ4v) is 2.81. The van der Waals surface area contributed by atoms with Gasteiger partial charge in [0.15, 0.2) is 11.5 Å². The minimum absolute atomic E-state index is 0.231. The summed E-state index contributed by atoms with van der Waals surface area (Å²) in [5.74, 6) is 0.414. The molecule has 0 amide bonds.